The van der Waals surface area contributed by atoms with Crippen molar-refractivity contribution in [3.8, 4) is 0 Å². The van der Waals surface area contributed by atoms with Crippen molar-refractivity contribution >= 4 is 18.2 Å². The third-order valence-corrected chi connectivity index (χ3v) is 12.4. The monoisotopic (exact) mass is 339 g/mol. The summed E-state index contributed by atoms with van der Waals surface area (Å²) in [5.74, 6) is 0. The standard InChI is InChI=1S/C16H29N3OSSi/c1-16(2,3)22(5,6)18-21(17,20)15-8-7-13-9-10-19(4)12-14(13)11-15/h7-8,11H,9-10,12H2,1-6H3,(H2,17,18,20). The van der Waals surface area contributed by atoms with Crippen LogP contribution in [0.5, 0.6) is 0 Å². The molecular formula is C16H29N3OSSi. The Balaban J connectivity index is 2.47. The van der Waals surface area contributed by atoms with Gasteiger partial charge in [0, 0.05) is 13.1 Å². The maximum Gasteiger partial charge on any atom is 0.195 e. The number of hydrogen-bond acceptors (Lipinski definition) is 3. The van der Waals surface area contributed by atoms with Gasteiger partial charge in [0.1, 0.15) is 9.92 Å². The maximum atomic E-state index is 13.0. The maximum absolute atomic E-state index is 13.0. The van der Waals surface area contributed by atoms with Crippen LogP contribution < -0.4 is 5.14 Å². The summed E-state index contributed by atoms with van der Waals surface area (Å²) in [6, 6.07) is 5.98. The minimum atomic E-state index is -2.83. The van der Waals surface area contributed by atoms with Gasteiger partial charge in [-0.05, 0) is 54.9 Å². The fourth-order valence-corrected chi connectivity index (χ4v) is 7.19. The lowest BCUT2D eigenvalue weighted by atomic mass is 10.0. The molecule has 0 amide bonds. The predicted octanol–water partition coefficient (Wildman–Crippen LogP) is 3.38. The molecule has 22 heavy (non-hydrogen) atoms. The number of fused-ring (bicyclic) bond motifs is 1. The highest BCUT2D eigenvalue weighted by Gasteiger charge is 2.37. The summed E-state index contributed by atoms with van der Waals surface area (Å²) in [7, 11) is -2.79. The average molecular weight is 340 g/mol. The van der Waals surface area contributed by atoms with Crippen LogP contribution in [0, 0.1) is 0 Å². The molecule has 4 nitrogen and oxygen atoms in total. The van der Waals surface area contributed by atoms with Crippen LogP contribution in [0.4, 0.5) is 0 Å². The number of benzene rings is 1. The first-order chi connectivity index (χ1) is 9.92. The molecule has 2 rings (SSSR count). The Labute approximate surface area is 136 Å². The van der Waals surface area contributed by atoms with Crippen LogP contribution in [-0.4, -0.2) is 30.9 Å². The topological polar surface area (TPSA) is 58.7 Å². The summed E-state index contributed by atoms with van der Waals surface area (Å²) in [5.41, 5.74) is 2.57. The van der Waals surface area contributed by atoms with Gasteiger partial charge >= 0.3 is 0 Å². The average Bonchev–Trinajstić information content (AvgIpc) is 2.35. The Bertz CT molecular complexity index is 685. The Kier molecular flexibility index (Phi) is 4.61. The van der Waals surface area contributed by atoms with Crippen LogP contribution in [0.25, 0.3) is 0 Å². The summed E-state index contributed by atoms with van der Waals surface area (Å²) in [6.07, 6.45) is 1.04. The van der Waals surface area contributed by atoms with Crippen LogP contribution in [-0.2, 0) is 22.9 Å². The van der Waals surface area contributed by atoms with Crippen molar-refractivity contribution in [3.63, 3.8) is 0 Å². The molecule has 1 aromatic rings. The van der Waals surface area contributed by atoms with Crippen LogP contribution in [0.3, 0.4) is 0 Å². The Morgan fingerprint density at radius 1 is 1.27 bits per heavy atom. The number of hydrogen-bond donors (Lipinski definition) is 1. The molecule has 6 heteroatoms. The molecule has 2 N–H and O–H groups in total. The zero-order valence-corrected chi connectivity index (χ0v) is 16.5. The number of nitrogens with two attached hydrogens (primary N) is 1. The normalized spacial score (nSPS) is 19.4. The first-order valence-corrected chi connectivity index (χ1v) is 12.3. The van der Waals surface area contributed by atoms with E-state index in [2.05, 4.69) is 55.9 Å². The van der Waals surface area contributed by atoms with Gasteiger partial charge in [-0.2, -0.15) is 0 Å². The smallest absolute Gasteiger partial charge is 0.195 e. The predicted molar refractivity (Wildman–Crippen MR) is 96.7 cm³/mol. The molecule has 1 aromatic carbocycles. The lowest BCUT2D eigenvalue weighted by Gasteiger charge is -2.33. The van der Waals surface area contributed by atoms with Gasteiger partial charge in [-0.1, -0.05) is 26.8 Å². The molecule has 1 atom stereocenters. The SMILES string of the molecule is CN1CCc2ccc(S(N)(=O)=N[Si](C)(C)C(C)(C)C)cc2C1. The van der Waals surface area contributed by atoms with E-state index in [0.717, 1.165) is 19.5 Å². The van der Waals surface area contributed by atoms with Gasteiger partial charge in [0.15, 0.2) is 8.24 Å². The highest BCUT2D eigenvalue weighted by molar-refractivity contribution is 7.92. The molecule has 0 bridgehead atoms. The van der Waals surface area contributed by atoms with Crippen molar-refractivity contribution < 1.29 is 4.21 Å². The molecule has 0 radical (unpaired) electrons. The minimum absolute atomic E-state index is 0.0312. The molecule has 0 spiro atoms. The zero-order chi connectivity index (χ0) is 16.8. The molecule has 1 aliphatic rings. The van der Waals surface area contributed by atoms with Crippen LogP contribution in [0.15, 0.2) is 27.1 Å². The minimum Gasteiger partial charge on any atom is -0.302 e. The van der Waals surface area contributed by atoms with Crippen molar-refractivity contribution in [2.45, 2.75) is 56.8 Å². The molecule has 1 unspecified atom stereocenters. The Morgan fingerprint density at radius 2 is 1.91 bits per heavy atom. The number of likely N-dealkylation sites (N-methyl/N-ethyl adjacent to an activating group) is 1. The van der Waals surface area contributed by atoms with Crippen molar-refractivity contribution in [1.29, 1.82) is 0 Å². The van der Waals surface area contributed by atoms with E-state index < -0.39 is 18.2 Å². The van der Waals surface area contributed by atoms with E-state index in [9.17, 15) is 4.21 Å². The summed E-state index contributed by atoms with van der Waals surface area (Å²) in [5, 5.41) is 6.20. The lowest BCUT2D eigenvalue weighted by molar-refractivity contribution is 0.312. The van der Waals surface area contributed by atoms with Gasteiger partial charge in [-0.15, -0.1) is 0 Å². The number of rotatable bonds is 2. The quantitative estimate of drug-likeness (QED) is 0.840. The van der Waals surface area contributed by atoms with E-state index in [1.165, 1.54) is 11.1 Å². The first kappa shape index (κ1) is 17.7. The van der Waals surface area contributed by atoms with Crippen LogP contribution in [0.2, 0.25) is 18.1 Å². The molecule has 1 heterocycles. The summed E-state index contributed by atoms with van der Waals surface area (Å²) in [6.45, 7) is 12.7. The molecular weight excluding hydrogens is 310 g/mol. The summed E-state index contributed by atoms with van der Waals surface area (Å²) in [4.78, 5) is 2.95. The fraction of sp³-hybridized carbons (Fsp3) is 0.625. The molecule has 124 valence electrons. The van der Waals surface area contributed by atoms with Crippen molar-refractivity contribution in [2.75, 3.05) is 13.6 Å². The third-order valence-electron chi connectivity index (χ3n) is 4.92. The highest BCUT2D eigenvalue weighted by atomic mass is 32.2. The van der Waals surface area contributed by atoms with Gasteiger partial charge in [0.25, 0.3) is 0 Å². The van der Waals surface area contributed by atoms with Crippen molar-refractivity contribution in [3.05, 3.63) is 29.3 Å². The van der Waals surface area contributed by atoms with E-state index in [4.69, 9.17) is 5.14 Å². The second-order valence-corrected chi connectivity index (χ2v) is 14.8. The van der Waals surface area contributed by atoms with Crippen molar-refractivity contribution in [2.24, 2.45) is 9.17 Å². The second-order valence-electron chi connectivity index (χ2n) is 7.89. The van der Waals surface area contributed by atoms with E-state index in [-0.39, 0.29) is 5.04 Å². The van der Waals surface area contributed by atoms with Gasteiger partial charge in [0.05, 0.1) is 4.90 Å². The van der Waals surface area contributed by atoms with E-state index in [1.807, 2.05) is 12.1 Å². The molecule has 1 aliphatic heterocycles. The molecule has 0 aliphatic carbocycles. The largest absolute Gasteiger partial charge is 0.302 e. The molecule has 0 saturated heterocycles. The van der Waals surface area contributed by atoms with E-state index >= 15 is 0 Å². The van der Waals surface area contributed by atoms with Crippen LogP contribution in [0.1, 0.15) is 31.9 Å². The second kappa shape index (κ2) is 5.74. The summed E-state index contributed by atoms with van der Waals surface area (Å²) >= 11 is 0. The van der Waals surface area contributed by atoms with Crippen LogP contribution >= 0.6 is 0 Å². The van der Waals surface area contributed by atoms with Gasteiger partial charge in [-0.3, -0.25) is 4.03 Å². The summed E-state index contributed by atoms with van der Waals surface area (Å²) < 4.78 is 17.7. The Hall–Kier alpha value is -0.693. The third kappa shape index (κ3) is 3.62. The molecule has 0 fully saturated rings. The van der Waals surface area contributed by atoms with Gasteiger partial charge < -0.3 is 4.90 Å². The lowest BCUT2D eigenvalue weighted by Crippen LogP contribution is -2.37. The Morgan fingerprint density at radius 3 is 2.50 bits per heavy atom. The number of nitrogens with zero attached hydrogens (tertiary/aromatic N) is 2. The molecule has 0 aromatic heterocycles. The van der Waals surface area contributed by atoms with E-state index in [1.54, 1.807) is 0 Å². The first-order valence-electron chi connectivity index (χ1n) is 7.79. The highest BCUT2D eigenvalue weighted by Crippen LogP contribution is 2.38. The zero-order valence-electron chi connectivity index (χ0n) is 14.6. The van der Waals surface area contributed by atoms with Crippen molar-refractivity contribution in [1.82, 2.24) is 4.90 Å². The van der Waals surface area contributed by atoms with Gasteiger partial charge in [0.2, 0.25) is 0 Å². The molecule has 0 saturated carbocycles. The van der Waals surface area contributed by atoms with E-state index in [0.29, 0.717) is 4.90 Å². The fourth-order valence-electron chi connectivity index (χ4n) is 2.39. The van der Waals surface area contributed by atoms with Gasteiger partial charge in [-0.25, -0.2) is 9.35 Å².